The summed E-state index contributed by atoms with van der Waals surface area (Å²) in [7, 11) is 2.24. The number of amides is 1. The normalized spacial score (nSPS) is 31.4. The van der Waals surface area contributed by atoms with Crippen LogP contribution in [0.5, 0.6) is 0 Å². The van der Waals surface area contributed by atoms with Gasteiger partial charge in [0.25, 0.3) is 0 Å². The standard InChI is InChI=1S/C19H35N3O/c1-15(2)14-21-12-8-16(9-13-21)19(23)22-11-5-7-18(22)17-6-4-10-20(17)3/h15-18H,4-14H2,1-3H3/t17-,18+/m1/s1. The molecule has 3 saturated heterocycles. The number of carbonyl (C=O) groups excluding carboxylic acids is 1. The quantitative estimate of drug-likeness (QED) is 0.796. The molecule has 1 amide bonds. The number of likely N-dealkylation sites (N-methyl/N-ethyl adjacent to an activating group) is 1. The van der Waals surface area contributed by atoms with E-state index in [0.29, 0.717) is 18.0 Å². The van der Waals surface area contributed by atoms with Crippen molar-refractivity contribution < 1.29 is 4.79 Å². The topological polar surface area (TPSA) is 26.8 Å². The van der Waals surface area contributed by atoms with Gasteiger partial charge in [-0.1, -0.05) is 13.8 Å². The molecule has 3 aliphatic heterocycles. The Kier molecular flexibility index (Phi) is 5.63. The molecular formula is C19H35N3O. The van der Waals surface area contributed by atoms with Crippen LogP contribution in [0.1, 0.15) is 52.4 Å². The molecule has 0 radical (unpaired) electrons. The maximum Gasteiger partial charge on any atom is 0.226 e. The molecule has 0 aliphatic carbocycles. The number of hydrogen-bond acceptors (Lipinski definition) is 3. The summed E-state index contributed by atoms with van der Waals surface area (Å²) in [4.78, 5) is 20.4. The van der Waals surface area contributed by atoms with Crippen molar-refractivity contribution in [3.05, 3.63) is 0 Å². The van der Waals surface area contributed by atoms with E-state index in [0.717, 1.165) is 38.4 Å². The van der Waals surface area contributed by atoms with Crippen LogP contribution in [0, 0.1) is 11.8 Å². The van der Waals surface area contributed by atoms with Gasteiger partial charge in [0.05, 0.1) is 0 Å². The average Bonchev–Trinajstić information content (AvgIpc) is 3.15. The van der Waals surface area contributed by atoms with Gasteiger partial charge in [-0.15, -0.1) is 0 Å². The lowest BCUT2D eigenvalue weighted by atomic mass is 9.93. The lowest BCUT2D eigenvalue weighted by molar-refractivity contribution is -0.139. The van der Waals surface area contributed by atoms with Crippen LogP contribution in [-0.2, 0) is 4.79 Å². The summed E-state index contributed by atoms with van der Waals surface area (Å²) in [5.41, 5.74) is 0. The molecule has 0 aromatic rings. The number of rotatable bonds is 4. The van der Waals surface area contributed by atoms with Crippen molar-refractivity contribution >= 4 is 5.91 Å². The van der Waals surface area contributed by atoms with Crippen molar-refractivity contribution in [2.45, 2.75) is 64.5 Å². The van der Waals surface area contributed by atoms with E-state index in [2.05, 4.69) is 35.6 Å². The summed E-state index contributed by atoms with van der Waals surface area (Å²) in [5.74, 6) is 1.48. The molecule has 0 N–H and O–H groups in total. The third-order valence-electron chi connectivity index (χ3n) is 6.16. The lowest BCUT2D eigenvalue weighted by Crippen LogP contribution is -2.50. The first-order valence-electron chi connectivity index (χ1n) is 9.79. The molecule has 0 unspecified atom stereocenters. The molecule has 0 spiro atoms. The Hall–Kier alpha value is -0.610. The van der Waals surface area contributed by atoms with Gasteiger partial charge >= 0.3 is 0 Å². The van der Waals surface area contributed by atoms with Gasteiger partial charge in [0, 0.05) is 31.1 Å². The third-order valence-corrected chi connectivity index (χ3v) is 6.16. The fourth-order valence-corrected chi connectivity index (χ4v) is 5.00. The molecule has 4 heteroatoms. The van der Waals surface area contributed by atoms with Crippen molar-refractivity contribution in [1.82, 2.24) is 14.7 Å². The van der Waals surface area contributed by atoms with Gasteiger partial charge in [0.1, 0.15) is 0 Å². The number of hydrogen-bond donors (Lipinski definition) is 0. The van der Waals surface area contributed by atoms with Crippen molar-refractivity contribution in [3.8, 4) is 0 Å². The predicted molar refractivity (Wildman–Crippen MR) is 94.4 cm³/mol. The van der Waals surface area contributed by atoms with Crippen molar-refractivity contribution in [2.24, 2.45) is 11.8 Å². The van der Waals surface area contributed by atoms with Crippen LogP contribution in [0.4, 0.5) is 0 Å². The minimum Gasteiger partial charge on any atom is -0.338 e. The highest BCUT2D eigenvalue weighted by atomic mass is 16.2. The first-order chi connectivity index (χ1) is 11.1. The van der Waals surface area contributed by atoms with Gasteiger partial charge in [-0.25, -0.2) is 0 Å². The lowest BCUT2D eigenvalue weighted by Gasteiger charge is -2.38. The zero-order chi connectivity index (χ0) is 16.4. The Morgan fingerprint density at radius 2 is 1.61 bits per heavy atom. The molecule has 0 saturated carbocycles. The van der Waals surface area contributed by atoms with Crippen LogP contribution in [0.3, 0.4) is 0 Å². The van der Waals surface area contributed by atoms with Crippen molar-refractivity contribution in [3.63, 3.8) is 0 Å². The molecule has 4 nitrogen and oxygen atoms in total. The zero-order valence-corrected chi connectivity index (χ0v) is 15.3. The van der Waals surface area contributed by atoms with Crippen LogP contribution >= 0.6 is 0 Å². The van der Waals surface area contributed by atoms with Gasteiger partial charge in [-0.05, 0) is 71.1 Å². The Bertz CT molecular complexity index is 403. The van der Waals surface area contributed by atoms with Crippen LogP contribution in [0.15, 0.2) is 0 Å². The first kappa shape index (κ1) is 17.2. The fraction of sp³-hybridized carbons (Fsp3) is 0.947. The summed E-state index contributed by atoms with van der Waals surface area (Å²) in [6, 6.07) is 1.10. The molecule has 23 heavy (non-hydrogen) atoms. The fourth-order valence-electron chi connectivity index (χ4n) is 5.00. The first-order valence-corrected chi connectivity index (χ1v) is 9.79. The second-order valence-electron chi connectivity index (χ2n) is 8.40. The molecule has 132 valence electrons. The van der Waals surface area contributed by atoms with Gasteiger partial charge < -0.3 is 14.7 Å². The minimum atomic E-state index is 0.283. The van der Waals surface area contributed by atoms with Crippen molar-refractivity contribution in [1.29, 1.82) is 0 Å². The van der Waals surface area contributed by atoms with Gasteiger partial charge in [0.2, 0.25) is 5.91 Å². The van der Waals surface area contributed by atoms with E-state index in [4.69, 9.17) is 0 Å². The maximum atomic E-state index is 13.1. The van der Waals surface area contributed by atoms with Gasteiger partial charge in [0.15, 0.2) is 0 Å². The molecule has 3 heterocycles. The third kappa shape index (κ3) is 3.90. The number of piperidine rings is 1. The predicted octanol–water partition coefficient (Wildman–Crippen LogP) is 2.44. The summed E-state index contributed by atoms with van der Waals surface area (Å²) in [5, 5.41) is 0. The van der Waals surface area contributed by atoms with Crippen molar-refractivity contribution in [2.75, 3.05) is 39.8 Å². The monoisotopic (exact) mass is 321 g/mol. The Morgan fingerprint density at radius 1 is 0.957 bits per heavy atom. The molecule has 0 bridgehead atoms. The average molecular weight is 322 g/mol. The highest BCUT2D eigenvalue weighted by molar-refractivity contribution is 5.79. The largest absolute Gasteiger partial charge is 0.338 e. The summed E-state index contributed by atoms with van der Waals surface area (Å²) in [6.07, 6.45) is 7.12. The van der Waals surface area contributed by atoms with E-state index in [9.17, 15) is 4.79 Å². The zero-order valence-electron chi connectivity index (χ0n) is 15.3. The van der Waals surface area contributed by atoms with Crippen LogP contribution in [0.2, 0.25) is 0 Å². The SMILES string of the molecule is CC(C)CN1CCC(C(=O)N2CCC[C@H]2[C@H]2CCCN2C)CC1. The minimum absolute atomic E-state index is 0.283. The number of likely N-dealkylation sites (tertiary alicyclic amines) is 3. The second-order valence-corrected chi connectivity index (χ2v) is 8.40. The van der Waals surface area contributed by atoms with Gasteiger partial charge in [-0.3, -0.25) is 4.79 Å². The highest BCUT2D eigenvalue weighted by Crippen LogP contribution is 2.31. The van der Waals surface area contributed by atoms with E-state index in [1.165, 1.54) is 38.8 Å². The molecule has 2 atom stereocenters. The van der Waals surface area contributed by atoms with Gasteiger partial charge in [-0.2, -0.15) is 0 Å². The summed E-state index contributed by atoms with van der Waals surface area (Å²) < 4.78 is 0. The van der Waals surface area contributed by atoms with Crippen LogP contribution < -0.4 is 0 Å². The number of carbonyl (C=O) groups is 1. The molecule has 3 rings (SSSR count). The highest BCUT2D eigenvalue weighted by Gasteiger charge is 2.40. The maximum absolute atomic E-state index is 13.1. The van der Waals surface area contributed by atoms with E-state index in [1.54, 1.807) is 0 Å². The molecular weight excluding hydrogens is 286 g/mol. The summed E-state index contributed by atoms with van der Waals surface area (Å²) in [6.45, 7) is 10.2. The molecule has 0 aromatic carbocycles. The van der Waals surface area contributed by atoms with E-state index in [-0.39, 0.29) is 5.92 Å². The van der Waals surface area contributed by atoms with E-state index in [1.807, 2.05) is 0 Å². The Labute approximate surface area is 142 Å². The second kappa shape index (κ2) is 7.52. The van der Waals surface area contributed by atoms with E-state index >= 15 is 0 Å². The van der Waals surface area contributed by atoms with Crippen LogP contribution in [0.25, 0.3) is 0 Å². The molecule has 3 aliphatic rings. The Morgan fingerprint density at radius 3 is 2.22 bits per heavy atom. The summed E-state index contributed by atoms with van der Waals surface area (Å²) >= 11 is 0. The van der Waals surface area contributed by atoms with Crippen LogP contribution in [-0.4, -0.2) is 72.5 Å². The molecule has 3 fully saturated rings. The number of nitrogens with zero attached hydrogens (tertiary/aromatic N) is 3. The Balaban J connectivity index is 1.55. The smallest absolute Gasteiger partial charge is 0.226 e. The molecule has 0 aromatic heterocycles. The van der Waals surface area contributed by atoms with E-state index < -0.39 is 0 Å².